The van der Waals surface area contributed by atoms with Gasteiger partial charge >= 0.3 is 5.97 Å². The number of hydrogen-bond donors (Lipinski definition) is 0. The second-order valence-corrected chi connectivity index (χ2v) is 19.6. The van der Waals surface area contributed by atoms with Crippen molar-refractivity contribution in [1.29, 1.82) is 0 Å². The number of methoxy groups -OCH3 is 1. The molecule has 1 aromatic carbocycles. The maximum Gasteiger partial charge on any atom is 0.311 e. The zero-order valence-electron chi connectivity index (χ0n) is 32.2. The molecule has 4 nitrogen and oxygen atoms in total. The van der Waals surface area contributed by atoms with Crippen LogP contribution in [0.4, 0.5) is 0 Å². The van der Waals surface area contributed by atoms with Crippen LogP contribution in [0.5, 0.6) is 11.5 Å². The van der Waals surface area contributed by atoms with Gasteiger partial charge in [0, 0.05) is 29.7 Å². The molecular formula is C45H62O4. The first kappa shape index (κ1) is 33.6. The lowest BCUT2D eigenvalue weighted by Crippen LogP contribution is -2.65. The van der Waals surface area contributed by atoms with Crippen molar-refractivity contribution in [2.24, 2.45) is 45.3 Å². The van der Waals surface area contributed by atoms with Crippen LogP contribution in [0.1, 0.15) is 143 Å². The lowest BCUT2D eigenvalue weighted by molar-refractivity contribution is -0.205. The van der Waals surface area contributed by atoms with Crippen LogP contribution in [-0.2, 0) is 14.9 Å². The van der Waals surface area contributed by atoms with Gasteiger partial charge in [-0.15, -0.1) is 0 Å². The number of hydrogen-bond acceptors (Lipinski definition) is 4. The third kappa shape index (κ3) is 4.01. The number of carbonyl (C=O) groups excluding carboxylic acids is 1. The number of rotatable bonds is 2. The highest BCUT2D eigenvalue weighted by Gasteiger charge is 2.69. The van der Waals surface area contributed by atoms with Gasteiger partial charge in [-0.1, -0.05) is 65.0 Å². The second-order valence-electron chi connectivity index (χ2n) is 19.6. The van der Waals surface area contributed by atoms with Gasteiger partial charge in [0.05, 0.1) is 12.5 Å². The molecule has 0 radical (unpaired) electrons. The minimum absolute atomic E-state index is 0.0146. The average Bonchev–Trinajstić information content (AvgIpc) is 3.27. The van der Waals surface area contributed by atoms with Crippen LogP contribution < -0.4 is 9.47 Å². The molecule has 49 heavy (non-hydrogen) atoms. The Balaban J connectivity index is 1.21. The summed E-state index contributed by atoms with van der Waals surface area (Å²) in [5.74, 6) is 3.58. The summed E-state index contributed by atoms with van der Waals surface area (Å²) in [6.45, 7) is 26.1. The van der Waals surface area contributed by atoms with Crippen molar-refractivity contribution in [3.05, 3.63) is 52.6 Å². The van der Waals surface area contributed by atoms with E-state index in [0.717, 1.165) is 62.9 Å². The summed E-state index contributed by atoms with van der Waals surface area (Å²) in [5.41, 5.74) is 5.86. The minimum atomic E-state index is -0.469. The Hall–Kier alpha value is -2.49. The van der Waals surface area contributed by atoms with Crippen LogP contribution in [0.3, 0.4) is 0 Å². The summed E-state index contributed by atoms with van der Waals surface area (Å²) >= 11 is 0. The fourth-order valence-electron chi connectivity index (χ4n) is 13.7. The van der Waals surface area contributed by atoms with Gasteiger partial charge < -0.3 is 14.2 Å². The van der Waals surface area contributed by atoms with Crippen LogP contribution in [0.25, 0.3) is 6.08 Å². The van der Waals surface area contributed by atoms with E-state index in [4.69, 9.17) is 14.2 Å². The van der Waals surface area contributed by atoms with Gasteiger partial charge in [0.1, 0.15) is 0 Å². The molecule has 266 valence electrons. The Morgan fingerprint density at radius 2 is 1.65 bits per heavy atom. The molecule has 11 atom stereocenters. The molecule has 7 aliphatic rings. The fourth-order valence-corrected chi connectivity index (χ4v) is 13.7. The molecule has 0 amide bonds. The van der Waals surface area contributed by atoms with Gasteiger partial charge in [-0.25, -0.2) is 0 Å². The molecular weight excluding hydrogens is 604 g/mol. The summed E-state index contributed by atoms with van der Waals surface area (Å²) in [7, 11) is 1.57. The lowest BCUT2D eigenvalue weighted by atomic mass is 9.33. The van der Waals surface area contributed by atoms with E-state index in [9.17, 15) is 4.79 Å². The van der Waals surface area contributed by atoms with E-state index in [1.807, 2.05) is 0 Å². The summed E-state index contributed by atoms with van der Waals surface area (Å²) < 4.78 is 20.4. The Labute approximate surface area is 296 Å². The van der Waals surface area contributed by atoms with E-state index in [1.165, 1.54) is 47.1 Å². The van der Waals surface area contributed by atoms with Crippen molar-refractivity contribution in [2.75, 3.05) is 7.11 Å². The summed E-state index contributed by atoms with van der Waals surface area (Å²) in [6.07, 6.45) is 19.3. The highest BCUT2D eigenvalue weighted by atomic mass is 16.6. The van der Waals surface area contributed by atoms with Crippen LogP contribution in [0.15, 0.2) is 35.9 Å². The summed E-state index contributed by atoms with van der Waals surface area (Å²) in [6, 6.07) is 2.43. The van der Waals surface area contributed by atoms with E-state index in [1.54, 1.807) is 7.11 Å². The lowest BCUT2D eigenvalue weighted by Gasteiger charge is -2.71. The Bertz CT molecular complexity index is 1700. The van der Waals surface area contributed by atoms with E-state index < -0.39 is 11.0 Å². The summed E-state index contributed by atoms with van der Waals surface area (Å²) in [5, 5.41) is 0. The largest absolute Gasteiger partial charge is 0.478 e. The van der Waals surface area contributed by atoms with Crippen LogP contribution in [-0.4, -0.2) is 24.3 Å². The molecule has 1 aliphatic heterocycles. The first-order valence-electron chi connectivity index (χ1n) is 19.6. The van der Waals surface area contributed by atoms with E-state index in [-0.39, 0.29) is 33.2 Å². The van der Waals surface area contributed by atoms with Gasteiger partial charge in [0.2, 0.25) is 0 Å². The molecule has 8 rings (SSSR count). The second kappa shape index (κ2) is 10.3. The Morgan fingerprint density at radius 1 is 0.939 bits per heavy atom. The highest BCUT2D eigenvalue weighted by molar-refractivity contribution is 5.76. The predicted octanol–water partition coefficient (Wildman–Crippen LogP) is 11.1. The van der Waals surface area contributed by atoms with E-state index >= 15 is 0 Å². The molecule has 1 heterocycles. The molecule has 4 saturated carbocycles. The SMILES string of the molecule is C=C(C)[C@@H]1CC[C@H](C)[C@]23CC=C(C)[C@@]2(C1)Oc1cc2c(c(C)c1O3)C=C[C@@H]1[C@@]2(C)CC[C@@]2(C)[C@@H]3C[C@](C)(C(=O)OC)CC[C@]3(C)CC[C@]12C. The van der Waals surface area contributed by atoms with Gasteiger partial charge in [-0.2, -0.15) is 0 Å². The monoisotopic (exact) mass is 666 g/mol. The van der Waals surface area contributed by atoms with E-state index in [0.29, 0.717) is 23.7 Å². The molecule has 6 aliphatic carbocycles. The van der Waals surface area contributed by atoms with Crippen molar-refractivity contribution in [3.63, 3.8) is 0 Å². The maximum atomic E-state index is 13.2. The average molecular weight is 667 g/mol. The topological polar surface area (TPSA) is 44.8 Å². The number of esters is 1. The van der Waals surface area contributed by atoms with Crippen molar-refractivity contribution < 1.29 is 19.0 Å². The molecule has 0 N–H and O–H groups in total. The number of benzene rings is 1. The zero-order valence-corrected chi connectivity index (χ0v) is 32.2. The molecule has 0 aromatic heterocycles. The van der Waals surface area contributed by atoms with Crippen LogP contribution in [0.2, 0.25) is 0 Å². The Kier molecular flexibility index (Phi) is 7.08. The predicted molar refractivity (Wildman–Crippen MR) is 198 cm³/mol. The highest BCUT2D eigenvalue weighted by Crippen LogP contribution is 2.75. The molecule has 0 saturated heterocycles. The molecule has 4 fully saturated rings. The quantitative estimate of drug-likeness (QED) is 0.233. The van der Waals surface area contributed by atoms with Gasteiger partial charge in [0.15, 0.2) is 22.7 Å². The van der Waals surface area contributed by atoms with Crippen molar-refractivity contribution in [3.8, 4) is 11.5 Å². The molecule has 4 heteroatoms. The Morgan fingerprint density at radius 3 is 2.37 bits per heavy atom. The zero-order chi connectivity index (χ0) is 35.2. The fraction of sp³-hybridized carbons (Fsp3) is 0.711. The van der Waals surface area contributed by atoms with E-state index in [2.05, 4.69) is 93.2 Å². The molecule has 0 spiro atoms. The minimum Gasteiger partial charge on any atom is -0.478 e. The number of allylic oxidation sites excluding steroid dienone is 2. The first-order chi connectivity index (χ1) is 22.9. The van der Waals surface area contributed by atoms with Gasteiger partial charge in [-0.3, -0.25) is 4.79 Å². The molecule has 0 unspecified atom stereocenters. The van der Waals surface area contributed by atoms with Crippen molar-refractivity contribution >= 4 is 12.0 Å². The third-order valence-electron chi connectivity index (χ3n) is 17.4. The third-order valence-corrected chi connectivity index (χ3v) is 17.4. The van der Waals surface area contributed by atoms with Gasteiger partial charge in [-0.05, 0) is 142 Å². The smallest absolute Gasteiger partial charge is 0.311 e. The first-order valence-corrected chi connectivity index (χ1v) is 19.6. The number of carbonyl (C=O) groups is 1. The molecule has 1 aromatic rings. The summed E-state index contributed by atoms with van der Waals surface area (Å²) in [4.78, 5) is 13.2. The maximum absolute atomic E-state index is 13.2. The van der Waals surface area contributed by atoms with Crippen molar-refractivity contribution in [1.82, 2.24) is 0 Å². The molecule has 0 bridgehead atoms. The normalized spacial score (nSPS) is 47.6. The van der Waals surface area contributed by atoms with Gasteiger partial charge in [0.25, 0.3) is 0 Å². The van der Waals surface area contributed by atoms with Crippen LogP contribution >= 0.6 is 0 Å². The number of ether oxygens (including phenoxy) is 3. The number of fused-ring (bicyclic) bond motifs is 8. The standard InChI is InChI=1S/C45H62O4/c1-27(2)31-13-12-28(3)44-17-16-29(4)45(44,25-31)48-34-24-33-32(30(5)37(34)49-44)14-15-35-41(33,8)21-23-43(10)36-26-40(7,38(46)47-11)19-18-39(36,6)20-22-42(35,43)9/h14-16,24,28,31,35-36H,1,12-13,17-23,25-26H2,2-11H3/t28-,31+,35+,36+,39+,40+,41-,42+,43-,44+,45+/m0/s1. The van der Waals surface area contributed by atoms with Crippen molar-refractivity contribution in [2.45, 2.75) is 150 Å². The van der Waals surface area contributed by atoms with Crippen LogP contribution in [0, 0.1) is 52.3 Å².